The van der Waals surface area contributed by atoms with E-state index < -0.39 is 0 Å². The first-order valence-electron chi connectivity index (χ1n) is 4.76. The van der Waals surface area contributed by atoms with E-state index in [1.165, 1.54) is 0 Å². The van der Waals surface area contributed by atoms with Gasteiger partial charge in [-0.25, -0.2) is 0 Å². The van der Waals surface area contributed by atoms with Crippen LogP contribution in [0.5, 0.6) is 11.5 Å². The predicted molar refractivity (Wildman–Crippen MR) is 62.0 cm³/mol. The molecule has 0 saturated carbocycles. The lowest BCUT2D eigenvalue weighted by molar-refractivity contribution is 0.354. The third-order valence-corrected chi connectivity index (χ3v) is 2.79. The summed E-state index contributed by atoms with van der Waals surface area (Å²) < 4.78 is 10.3. The molecule has 1 unspecified atom stereocenters. The summed E-state index contributed by atoms with van der Waals surface area (Å²) in [5, 5.41) is 0.579. The van der Waals surface area contributed by atoms with Crippen molar-refractivity contribution in [1.29, 1.82) is 0 Å². The van der Waals surface area contributed by atoms with Gasteiger partial charge in [-0.05, 0) is 24.1 Å². The summed E-state index contributed by atoms with van der Waals surface area (Å²) in [5.41, 5.74) is 6.59. The summed E-state index contributed by atoms with van der Waals surface area (Å²) in [7, 11) is 3.15. The molecule has 0 heterocycles. The molecule has 1 atom stereocenters. The minimum atomic E-state index is 0.206. The van der Waals surface area contributed by atoms with E-state index in [9.17, 15) is 0 Å². The first-order valence-corrected chi connectivity index (χ1v) is 5.13. The van der Waals surface area contributed by atoms with Crippen LogP contribution in [-0.2, 0) is 0 Å². The highest BCUT2D eigenvalue weighted by Crippen LogP contribution is 2.39. The first-order chi connectivity index (χ1) is 7.15. The molecule has 0 aliphatic carbocycles. The second kappa shape index (κ2) is 5.24. The quantitative estimate of drug-likeness (QED) is 0.863. The summed E-state index contributed by atoms with van der Waals surface area (Å²) in [4.78, 5) is 0. The van der Waals surface area contributed by atoms with E-state index in [1.807, 2.05) is 19.1 Å². The zero-order valence-electron chi connectivity index (χ0n) is 9.21. The minimum absolute atomic E-state index is 0.206. The maximum atomic E-state index is 6.21. The Bertz CT molecular complexity index is 342. The summed E-state index contributed by atoms with van der Waals surface area (Å²) in [6.45, 7) is 2.57. The van der Waals surface area contributed by atoms with Gasteiger partial charge in [0.1, 0.15) is 0 Å². The van der Waals surface area contributed by atoms with Crippen LogP contribution in [0.15, 0.2) is 12.1 Å². The number of hydrogen-bond donors (Lipinski definition) is 1. The molecule has 4 heteroatoms. The minimum Gasteiger partial charge on any atom is -0.493 e. The SMILES string of the molecule is COc1ccc(C(C)CN)c(Cl)c1OC. The molecule has 0 aliphatic heterocycles. The molecule has 3 nitrogen and oxygen atoms in total. The van der Waals surface area contributed by atoms with Crippen molar-refractivity contribution in [2.45, 2.75) is 12.8 Å². The topological polar surface area (TPSA) is 44.5 Å². The van der Waals surface area contributed by atoms with Gasteiger partial charge in [-0.1, -0.05) is 24.6 Å². The van der Waals surface area contributed by atoms with Crippen LogP contribution in [0.4, 0.5) is 0 Å². The Morgan fingerprint density at radius 2 is 2.00 bits per heavy atom. The number of benzene rings is 1. The first kappa shape index (κ1) is 12.1. The van der Waals surface area contributed by atoms with Crippen LogP contribution in [0, 0.1) is 0 Å². The average Bonchev–Trinajstić information content (AvgIpc) is 2.27. The van der Waals surface area contributed by atoms with Crippen molar-refractivity contribution in [3.8, 4) is 11.5 Å². The van der Waals surface area contributed by atoms with Crippen molar-refractivity contribution in [3.05, 3.63) is 22.7 Å². The van der Waals surface area contributed by atoms with E-state index >= 15 is 0 Å². The number of hydrogen-bond acceptors (Lipinski definition) is 3. The molecule has 1 rings (SSSR count). The van der Waals surface area contributed by atoms with Crippen LogP contribution in [-0.4, -0.2) is 20.8 Å². The molecule has 0 saturated heterocycles. The summed E-state index contributed by atoms with van der Waals surface area (Å²) in [6, 6.07) is 3.76. The smallest absolute Gasteiger partial charge is 0.179 e. The van der Waals surface area contributed by atoms with Crippen molar-refractivity contribution < 1.29 is 9.47 Å². The Balaban J connectivity index is 3.22. The fourth-order valence-electron chi connectivity index (χ4n) is 1.41. The highest BCUT2D eigenvalue weighted by molar-refractivity contribution is 6.33. The maximum Gasteiger partial charge on any atom is 0.179 e. The normalized spacial score (nSPS) is 12.3. The van der Waals surface area contributed by atoms with Gasteiger partial charge in [-0.15, -0.1) is 0 Å². The van der Waals surface area contributed by atoms with E-state index in [0.29, 0.717) is 23.1 Å². The van der Waals surface area contributed by atoms with Crippen molar-refractivity contribution in [2.75, 3.05) is 20.8 Å². The second-order valence-corrected chi connectivity index (χ2v) is 3.72. The third kappa shape index (κ3) is 2.36. The molecule has 0 amide bonds. The second-order valence-electron chi connectivity index (χ2n) is 3.34. The van der Waals surface area contributed by atoms with Gasteiger partial charge >= 0.3 is 0 Å². The van der Waals surface area contributed by atoms with Gasteiger partial charge in [0.05, 0.1) is 19.2 Å². The van der Waals surface area contributed by atoms with Crippen LogP contribution in [0.1, 0.15) is 18.4 Å². The largest absolute Gasteiger partial charge is 0.493 e. The summed E-state index contributed by atoms with van der Waals surface area (Å²) >= 11 is 6.21. The van der Waals surface area contributed by atoms with Crippen molar-refractivity contribution in [1.82, 2.24) is 0 Å². The Hall–Kier alpha value is -0.930. The van der Waals surface area contributed by atoms with Gasteiger partial charge < -0.3 is 15.2 Å². The van der Waals surface area contributed by atoms with E-state index in [4.69, 9.17) is 26.8 Å². The standard InChI is InChI=1S/C11H16ClNO2/c1-7(6-13)8-4-5-9(14-2)11(15-3)10(8)12/h4-5,7H,6,13H2,1-3H3. The van der Waals surface area contributed by atoms with Gasteiger partial charge in [0.15, 0.2) is 11.5 Å². The van der Waals surface area contributed by atoms with Crippen LogP contribution in [0.25, 0.3) is 0 Å². The van der Waals surface area contributed by atoms with Crippen LogP contribution >= 0.6 is 11.6 Å². The molecule has 15 heavy (non-hydrogen) atoms. The molecule has 1 aromatic carbocycles. The molecular formula is C11H16ClNO2. The number of rotatable bonds is 4. The zero-order chi connectivity index (χ0) is 11.4. The number of halogens is 1. The van der Waals surface area contributed by atoms with Gasteiger partial charge in [0, 0.05) is 0 Å². The van der Waals surface area contributed by atoms with E-state index in [2.05, 4.69) is 0 Å². The summed E-state index contributed by atoms with van der Waals surface area (Å²) in [6.07, 6.45) is 0. The lowest BCUT2D eigenvalue weighted by atomic mass is 10.0. The molecule has 0 fully saturated rings. The predicted octanol–water partition coefficient (Wildman–Crippen LogP) is 2.42. The Morgan fingerprint density at radius 1 is 1.33 bits per heavy atom. The average molecular weight is 230 g/mol. The maximum absolute atomic E-state index is 6.21. The molecule has 0 aromatic heterocycles. The molecule has 84 valence electrons. The van der Waals surface area contributed by atoms with E-state index in [1.54, 1.807) is 14.2 Å². The van der Waals surface area contributed by atoms with Crippen molar-refractivity contribution >= 4 is 11.6 Å². The van der Waals surface area contributed by atoms with Gasteiger partial charge in [0.25, 0.3) is 0 Å². The van der Waals surface area contributed by atoms with Gasteiger partial charge in [0.2, 0.25) is 0 Å². The fourth-order valence-corrected chi connectivity index (χ4v) is 1.83. The monoisotopic (exact) mass is 229 g/mol. The molecule has 0 spiro atoms. The summed E-state index contributed by atoms with van der Waals surface area (Å²) in [5.74, 6) is 1.41. The Kier molecular flexibility index (Phi) is 4.24. The molecular weight excluding hydrogens is 214 g/mol. The van der Waals surface area contributed by atoms with Crippen LogP contribution in [0.3, 0.4) is 0 Å². The lowest BCUT2D eigenvalue weighted by Gasteiger charge is -2.16. The molecule has 2 N–H and O–H groups in total. The van der Waals surface area contributed by atoms with Gasteiger partial charge in [-0.3, -0.25) is 0 Å². The van der Waals surface area contributed by atoms with Crippen molar-refractivity contribution in [3.63, 3.8) is 0 Å². The molecule has 0 bridgehead atoms. The Labute approximate surface area is 95.1 Å². The molecule has 0 radical (unpaired) electrons. The Morgan fingerprint density at radius 3 is 2.47 bits per heavy atom. The van der Waals surface area contributed by atoms with E-state index in [-0.39, 0.29) is 5.92 Å². The van der Waals surface area contributed by atoms with E-state index in [0.717, 1.165) is 5.56 Å². The molecule has 1 aromatic rings. The van der Waals surface area contributed by atoms with Gasteiger partial charge in [-0.2, -0.15) is 0 Å². The van der Waals surface area contributed by atoms with Crippen LogP contribution < -0.4 is 15.2 Å². The number of ether oxygens (including phenoxy) is 2. The third-order valence-electron chi connectivity index (χ3n) is 2.40. The fraction of sp³-hybridized carbons (Fsp3) is 0.455. The molecule has 0 aliphatic rings. The number of nitrogens with two attached hydrogens (primary N) is 1. The zero-order valence-corrected chi connectivity index (χ0v) is 9.97. The van der Waals surface area contributed by atoms with Crippen LogP contribution in [0.2, 0.25) is 5.02 Å². The highest BCUT2D eigenvalue weighted by Gasteiger charge is 2.16. The van der Waals surface area contributed by atoms with Crippen molar-refractivity contribution in [2.24, 2.45) is 5.73 Å². The lowest BCUT2D eigenvalue weighted by Crippen LogP contribution is -2.09. The number of methoxy groups -OCH3 is 2. The highest BCUT2D eigenvalue weighted by atomic mass is 35.5.